The molecule has 0 fully saturated rings. The van der Waals surface area contributed by atoms with Crippen LogP contribution in [0, 0.1) is 0 Å². The van der Waals surface area contributed by atoms with Crippen LogP contribution in [0.4, 0.5) is 0 Å². The van der Waals surface area contributed by atoms with Crippen molar-refractivity contribution in [1.82, 2.24) is 0 Å². The van der Waals surface area contributed by atoms with Gasteiger partial charge in [-0.2, -0.15) is 0 Å². The lowest BCUT2D eigenvalue weighted by Crippen LogP contribution is -2.23. The van der Waals surface area contributed by atoms with Gasteiger partial charge >= 0.3 is 0 Å². The van der Waals surface area contributed by atoms with E-state index in [1.807, 2.05) is 6.92 Å². The van der Waals surface area contributed by atoms with E-state index in [1.54, 1.807) is 6.66 Å². The maximum atomic E-state index is 11.6. The normalized spacial score (nSPS) is 17.9. The molecule has 0 saturated heterocycles. The van der Waals surface area contributed by atoms with Crippen molar-refractivity contribution in [1.29, 1.82) is 0 Å². The molecular formula is C7H19O2PSi. The van der Waals surface area contributed by atoms with Crippen LogP contribution in [0.25, 0.3) is 0 Å². The summed E-state index contributed by atoms with van der Waals surface area (Å²) in [4.78, 5) is 0. The third-order valence-electron chi connectivity index (χ3n) is 1.10. The number of hydrogen-bond acceptors (Lipinski definition) is 2. The molecule has 0 aliphatic rings. The molecule has 0 aromatic carbocycles. The minimum absolute atomic E-state index is 0.720. The van der Waals surface area contributed by atoms with E-state index in [0.29, 0.717) is 0 Å². The Balaban J connectivity index is 4.03. The highest BCUT2D eigenvalue weighted by Crippen LogP contribution is 2.45. The summed E-state index contributed by atoms with van der Waals surface area (Å²) in [7, 11) is -3.85. The molecule has 0 saturated carbocycles. The van der Waals surface area contributed by atoms with Gasteiger partial charge in [-0.3, -0.25) is 4.57 Å². The Bertz CT molecular complexity index is 162. The van der Waals surface area contributed by atoms with Crippen LogP contribution in [0.1, 0.15) is 13.3 Å². The zero-order chi connectivity index (χ0) is 9.12. The Labute approximate surface area is 70.9 Å². The third-order valence-corrected chi connectivity index (χ3v) is 6.09. The molecule has 0 bridgehead atoms. The van der Waals surface area contributed by atoms with Crippen LogP contribution in [-0.2, 0) is 8.78 Å². The van der Waals surface area contributed by atoms with Crippen molar-refractivity contribution in [3.8, 4) is 0 Å². The van der Waals surface area contributed by atoms with Crippen LogP contribution in [0.2, 0.25) is 19.6 Å². The van der Waals surface area contributed by atoms with Crippen molar-refractivity contribution in [3.63, 3.8) is 0 Å². The average molecular weight is 194 g/mol. The fourth-order valence-electron chi connectivity index (χ4n) is 1.03. The van der Waals surface area contributed by atoms with Gasteiger partial charge in [0.15, 0.2) is 15.7 Å². The van der Waals surface area contributed by atoms with Crippen LogP contribution in [0.3, 0.4) is 0 Å². The minimum Gasteiger partial charge on any atom is -0.370 e. The molecular weight excluding hydrogens is 175 g/mol. The van der Waals surface area contributed by atoms with Gasteiger partial charge in [0.25, 0.3) is 0 Å². The number of rotatable bonds is 4. The van der Waals surface area contributed by atoms with E-state index >= 15 is 0 Å². The molecule has 0 aromatic rings. The molecule has 0 rings (SSSR count). The summed E-state index contributed by atoms with van der Waals surface area (Å²) in [5.41, 5.74) is 0. The first-order chi connectivity index (χ1) is 4.77. The maximum Gasteiger partial charge on any atom is 0.192 e. The van der Waals surface area contributed by atoms with Crippen LogP contribution >= 0.6 is 7.37 Å². The Morgan fingerprint density at radius 3 is 2.09 bits per heavy atom. The summed E-state index contributed by atoms with van der Waals surface area (Å²) in [6, 6.07) is 0. The summed E-state index contributed by atoms with van der Waals surface area (Å²) < 4.78 is 17.2. The van der Waals surface area contributed by atoms with Gasteiger partial charge in [0.1, 0.15) is 0 Å². The first-order valence-corrected chi connectivity index (χ1v) is 9.71. The van der Waals surface area contributed by atoms with Crippen molar-refractivity contribution in [3.05, 3.63) is 0 Å². The van der Waals surface area contributed by atoms with Crippen molar-refractivity contribution in [2.45, 2.75) is 33.0 Å². The molecule has 0 aliphatic heterocycles. The van der Waals surface area contributed by atoms with E-state index in [1.165, 1.54) is 0 Å². The van der Waals surface area contributed by atoms with Gasteiger partial charge in [0.05, 0.1) is 0 Å². The van der Waals surface area contributed by atoms with Crippen LogP contribution < -0.4 is 0 Å². The molecule has 0 amide bonds. The molecule has 68 valence electrons. The summed E-state index contributed by atoms with van der Waals surface area (Å²) in [5.74, 6) is 0. The Hall–Kier alpha value is 0.407. The lowest BCUT2D eigenvalue weighted by Gasteiger charge is -2.23. The second kappa shape index (κ2) is 3.88. The van der Waals surface area contributed by atoms with Crippen molar-refractivity contribution in [2.24, 2.45) is 0 Å². The van der Waals surface area contributed by atoms with Gasteiger partial charge in [-0.1, -0.05) is 6.92 Å². The summed E-state index contributed by atoms with van der Waals surface area (Å²) in [6.07, 6.45) is 1.66. The van der Waals surface area contributed by atoms with Gasteiger partial charge in [-0.25, -0.2) is 0 Å². The molecule has 0 aromatic heterocycles. The van der Waals surface area contributed by atoms with Crippen molar-refractivity contribution in [2.75, 3.05) is 12.8 Å². The predicted octanol–water partition coefficient (Wildman–Crippen LogP) is 3.16. The van der Waals surface area contributed by atoms with Gasteiger partial charge < -0.3 is 4.21 Å². The van der Waals surface area contributed by atoms with E-state index in [9.17, 15) is 4.57 Å². The second-order valence-electron chi connectivity index (χ2n) is 3.94. The Morgan fingerprint density at radius 1 is 1.36 bits per heavy atom. The molecule has 1 atom stereocenters. The summed E-state index contributed by atoms with van der Waals surface area (Å²) in [5, 5.41) is 0. The molecule has 4 heteroatoms. The summed E-state index contributed by atoms with van der Waals surface area (Å²) in [6.45, 7) is 9.98. The van der Waals surface area contributed by atoms with Crippen LogP contribution in [-0.4, -0.2) is 21.1 Å². The SMILES string of the molecule is CCCP(C)(=O)O[Si](C)(C)C. The third kappa shape index (κ3) is 6.79. The van der Waals surface area contributed by atoms with Gasteiger partial charge in [0, 0.05) is 12.8 Å². The molecule has 0 spiro atoms. The van der Waals surface area contributed by atoms with Crippen LogP contribution in [0.5, 0.6) is 0 Å². The quantitative estimate of drug-likeness (QED) is 0.507. The largest absolute Gasteiger partial charge is 0.370 e. The molecule has 0 heterocycles. The highest BCUT2D eigenvalue weighted by Gasteiger charge is 2.24. The Morgan fingerprint density at radius 2 is 1.82 bits per heavy atom. The van der Waals surface area contributed by atoms with Crippen LogP contribution in [0.15, 0.2) is 0 Å². The monoisotopic (exact) mass is 194 g/mol. The highest BCUT2D eigenvalue weighted by molar-refractivity contribution is 7.59. The van der Waals surface area contributed by atoms with Gasteiger partial charge in [-0.05, 0) is 26.1 Å². The van der Waals surface area contributed by atoms with Gasteiger partial charge in [0.2, 0.25) is 0 Å². The van der Waals surface area contributed by atoms with Gasteiger partial charge in [-0.15, -0.1) is 0 Å². The fraction of sp³-hybridized carbons (Fsp3) is 1.00. The fourth-order valence-corrected chi connectivity index (χ4v) is 6.84. The highest BCUT2D eigenvalue weighted by atomic mass is 31.2. The minimum atomic E-state index is -2.25. The molecule has 11 heavy (non-hydrogen) atoms. The number of hydrogen-bond donors (Lipinski definition) is 0. The maximum absolute atomic E-state index is 11.6. The van der Waals surface area contributed by atoms with E-state index in [2.05, 4.69) is 19.6 Å². The first-order valence-electron chi connectivity index (χ1n) is 4.04. The lowest BCUT2D eigenvalue weighted by molar-refractivity contribution is 0.486. The molecule has 0 N–H and O–H groups in total. The zero-order valence-electron chi connectivity index (χ0n) is 8.18. The predicted molar refractivity (Wildman–Crippen MR) is 53.1 cm³/mol. The molecule has 1 unspecified atom stereocenters. The Kier molecular flexibility index (Phi) is 4.02. The summed E-state index contributed by atoms with van der Waals surface area (Å²) >= 11 is 0. The van der Waals surface area contributed by atoms with E-state index < -0.39 is 15.7 Å². The first kappa shape index (κ1) is 11.4. The second-order valence-corrected chi connectivity index (χ2v) is 11.4. The lowest BCUT2D eigenvalue weighted by atomic mass is 10.6. The van der Waals surface area contributed by atoms with E-state index in [-0.39, 0.29) is 0 Å². The topological polar surface area (TPSA) is 26.3 Å². The average Bonchev–Trinajstić information content (AvgIpc) is 1.55. The van der Waals surface area contributed by atoms with E-state index in [0.717, 1.165) is 12.6 Å². The standard InChI is InChI=1S/C7H19O2PSi/c1-6-7-10(2,8)9-11(3,4)5/h6-7H2,1-5H3. The molecule has 0 radical (unpaired) electrons. The van der Waals surface area contributed by atoms with Crippen molar-refractivity contribution >= 4 is 15.7 Å². The molecule has 2 nitrogen and oxygen atoms in total. The zero-order valence-corrected chi connectivity index (χ0v) is 10.1. The molecule has 0 aliphatic carbocycles. The smallest absolute Gasteiger partial charge is 0.192 e. The van der Waals surface area contributed by atoms with E-state index in [4.69, 9.17) is 4.21 Å². The van der Waals surface area contributed by atoms with Crippen molar-refractivity contribution < 1.29 is 8.78 Å².